The van der Waals surface area contributed by atoms with E-state index in [4.69, 9.17) is 9.90 Å². The monoisotopic (exact) mass is 426 g/mol. The normalized spacial score (nSPS) is 17.0. The summed E-state index contributed by atoms with van der Waals surface area (Å²) in [6.07, 6.45) is 2.13. The first-order valence-electron chi connectivity index (χ1n) is 9.65. The maximum Gasteiger partial charge on any atom is 0.325 e. The number of piperidine rings is 1. The third kappa shape index (κ3) is 4.32. The highest BCUT2D eigenvalue weighted by Crippen LogP contribution is 2.34. The first-order valence-corrected chi connectivity index (χ1v) is 9.65. The Labute approximate surface area is 177 Å². The maximum absolute atomic E-state index is 12.7. The summed E-state index contributed by atoms with van der Waals surface area (Å²) in [6, 6.07) is 12.2. The lowest BCUT2D eigenvalue weighted by Gasteiger charge is -2.42. The fourth-order valence-corrected chi connectivity index (χ4v) is 3.92. The molecule has 2 aliphatic rings. The van der Waals surface area contributed by atoms with Crippen molar-refractivity contribution in [1.29, 1.82) is 0 Å². The minimum atomic E-state index is -0.965. The molecule has 2 fully saturated rings. The van der Waals surface area contributed by atoms with E-state index in [9.17, 15) is 19.2 Å². The summed E-state index contributed by atoms with van der Waals surface area (Å²) in [7, 11) is 0. The number of imide groups is 1. The van der Waals surface area contributed by atoms with Gasteiger partial charge in [-0.25, -0.2) is 4.79 Å². The highest BCUT2D eigenvalue weighted by atomic mass is 16.3. The number of nitrogens with zero attached hydrogens (tertiary/aromatic N) is 2. The Morgan fingerprint density at radius 1 is 1.06 bits per heavy atom. The van der Waals surface area contributed by atoms with E-state index in [1.165, 1.54) is 12.3 Å². The van der Waals surface area contributed by atoms with E-state index in [1.807, 2.05) is 30.3 Å². The lowest BCUT2D eigenvalue weighted by Crippen LogP contribution is -2.57. The third-order valence-corrected chi connectivity index (χ3v) is 5.51. The number of hydrogen-bond acceptors (Lipinski definition) is 5. The molecule has 162 valence electrons. The SMILES string of the molecule is O=C(c1ccc[nH]c1=O)N1CCC2(CC1)C(=O)NC(=O)N2Cc1ccccc1.O=CO. The van der Waals surface area contributed by atoms with Crippen LogP contribution in [0.2, 0.25) is 0 Å². The van der Waals surface area contributed by atoms with Crippen molar-refractivity contribution in [3.8, 4) is 0 Å². The van der Waals surface area contributed by atoms with Crippen LogP contribution in [0.25, 0.3) is 0 Å². The molecular weight excluding hydrogens is 404 g/mol. The number of pyridine rings is 1. The zero-order valence-electron chi connectivity index (χ0n) is 16.6. The molecule has 1 spiro atoms. The molecule has 2 aromatic rings. The van der Waals surface area contributed by atoms with Crippen LogP contribution in [0, 0.1) is 0 Å². The maximum atomic E-state index is 12.7. The molecule has 4 rings (SSSR count). The number of likely N-dealkylation sites (tertiary alicyclic amines) is 1. The molecule has 0 aliphatic carbocycles. The van der Waals surface area contributed by atoms with Crippen molar-refractivity contribution < 1.29 is 24.3 Å². The summed E-state index contributed by atoms with van der Waals surface area (Å²) in [4.78, 5) is 63.6. The minimum Gasteiger partial charge on any atom is -0.483 e. The van der Waals surface area contributed by atoms with Crippen LogP contribution in [0.4, 0.5) is 4.79 Å². The summed E-state index contributed by atoms with van der Waals surface area (Å²) >= 11 is 0. The molecular formula is C21H22N4O6. The Bertz CT molecular complexity index is 1030. The van der Waals surface area contributed by atoms with Gasteiger partial charge < -0.3 is 19.9 Å². The van der Waals surface area contributed by atoms with Gasteiger partial charge in [-0.2, -0.15) is 0 Å². The van der Waals surface area contributed by atoms with Gasteiger partial charge in [0.15, 0.2) is 0 Å². The summed E-state index contributed by atoms with van der Waals surface area (Å²) in [6.45, 7) is 0.656. The molecule has 0 bridgehead atoms. The van der Waals surface area contributed by atoms with Gasteiger partial charge in [0.1, 0.15) is 11.1 Å². The molecule has 10 nitrogen and oxygen atoms in total. The van der Waals surface area contributed by atoms with E-state index in [2.05, 4.69) is 10.3 Å². The second-order valence-corrected chi connectivity index (χ2v) is 7.17. The van der Waals surface area contributed by atoms with E-state index in [1.54, 1.807) is 15.9 Å². The van der Waals surface area contributed by atoms with Crippen molar-refractivity contribution in [3.63, 3.8) is 0 Å². The molecule has 2 saturated heterocycles. The van der Waals surface area contributed by atoms with Gasteiger partial charge in [-0.15, -0.1) is 0 Å². The predicted octanol–water partition coefficient (Wildman–Crippen LogP) is 0.803. The number of carbonyl (C=O) groups is 4. The fourth-order valence-electron chi connectivity index (χ4n) is 3.92. The van der Waals surface area contributed by atoms with Gasteiger partial charge in [-0.3, -0.25) is 24.5 Å². The topological polar surface area (TPSA) is 140 Å². The Balaban J connectivity index is 0.000000858. The van der Waals surface area contributed by atoms with E-state index in [0.717, 1.165) is 5.56 Å². The minimum absolute atomic E-state index is 0.0755. The van der Waals surface area contributed by atoms with E-state index >= 15 is 0 Å². The van der Waals surface area contributed by atoms with E-state index < -0.39 is 17.1 Å². The number of H-pyrrole nitrogens is 1. The number of rotatable bonds is 3. The van der Waals surface area contributed by atoms with Crippen LogP contribution < -0.4 is 10.9 Å². The molecule has 4 amide bonds. The van der Waals surface area contributed by atoms with Crippen LogP contribution >= 0.6 is 0 Å². The first kappa shape index (κ1) is 21.8. The molecule has 3 heterocycles. The second kappa shape index (κ2) is 9.24. The van der Waals surface area contributed by atoms with Crippen molar-refractivity contribution in [2.75, 3.05) is 13.1 Å². The summed E-state index contributed by atoms with van der Waals surface area (Å²) in [5.41, 5.74) is -0.396. The van der Waals surface area contributed by atoms with Gasteiger partial charge in [0, 0.05) is 25.8 Å². The quantitative estimate of drug-likeness (QED) is 0.490. The standard InChI is InChI=1S/C20H20N4O4.CH2O2/c25-16-15(7-4-10-21-16)17(26)23-11-8-20(9-12-23)18(27)22-19(28)24(20)13-14-5-2-1-3-6-14;2-1-3/h1-7,10H,8-9,11-13H2,(H,21,25)(H,22,27,28);1H,(H,2,3). The van der Waals surface area contributed by atoms with Gasteiger partial charge >= 0.3 is 6.03 Å². The molecule has 2 aliphatic heterocycles. The molecule has 31 heavy (non-hydrogen) atoms. The zero-order valence-corrected chi connectivity index (χ0v) is 16.6. The Morgan fingerprint density at radius 3 is 2.32 bits per heavy atom. The van der Waals surface area contributed by atoms with Crippen LogP contribution in [0.3, 0.4) is 0 Å². The number of aromatic amines is 1. The molecule has 0 atom stereocenters. The summed E-state index contributed by atoms with van der Waals surface area (Å²) in [5, 5.41) is 9.31. The number of aromatic nitrogens is 1. The van der Waals surface area contributed by atoms with Gasteiger partial charge in [0.2, 0.25) is 0 Å². The number of urea groups is 1. The Morgan fingerprint density at radius 2 is 1.71 bits per heavy atom. The van der Waals surface area contributed by atoms with Crippen molar-refractivity contribution in [1.82, 2.24) is 20.1 Å². The molecule has 0 saturated carbocycles. The molecule has 3 N–H and O–H groups in total. The molecule has 1 aromatic heterocycles. The average Bonchev–Trinajstić information content (AvgIpc) is 2.99. The number of carboxylic acid groups (broad SMARTS) is 1. The van der Waals surface area contributed by atoms with Gasteiger partial charge in [-0.05, 0) is 30.5 Å². The molecule has 0 radical (unpaired) electrons. The average molecular weight is 426 g/mol. The van der Waals surface area contributed by atoms with Crippen molar-refractivity contribution >= 4 is 24.3 Å². The number of amides is 4. The third-order valence-electron chi connectivity index (χ3n) is 5.51. The van der Waals surface area contributed by atoms with Crippen molar-refractivity contribution in [2.24, 2.45) is 0 Å². The number of nitrogens with one attached hydrogen (secondary N) is 2. The van der Waals surface area contributed by atoms with Crippen LogP contribution in [-0.4, -0.2) is 62.8 Å². The number of hydrogen-bond donors (Lipinski definition) is 3. The lowest BCUT2D eigenvalue weighted by atomic mass is 9.85. The lowest BCUT2D eigenvalue weighted by molar-refractivity contribution is -0.129. The second-order valence-electron chi connectivity index (χ2n) is 7.17. The summed E-state index contributed by atoms with van der Waals surface area (Å²) in [5.74, 6) is -0.686. The zero-order chi connectivity index (χ0) is 22.4. The van der Waals surface area contributed by atoms with Crippen molar-refractivity contribution in [2.45, 2.75) is 24.9 Å². The smallest absolute Gasteiger partial charge is 0.325 e. The largest absolute Gasteiger partial charge is 0.483 e. The van der Waals surface area contributed by atoms with Crippen LogP contribution in [-0.2, 0) is 16.1 Å². The van der Waals surface area contributed by atoms with Crippen LogP contribution in [0.15, 0.2) is 53.5 Å². The Kier molecular flexibility index (Phi) is 6.49. The predicted molar refractivity (Wildman–Crippen MR) is 109 cm³/mol. The van der Waals surface area contributed by atoms with Crippen molar-refractivity contribution in [3.05, 3.63) is 70.1 Å². The van der Waals surface area contributed by atoms with Gasteiger partial charge in [0.05, 0.1) is 0 Å². The number of benzene rings is 1. The van der Waals surface area contributed by atoms with Gasteiger partial charge in [-0.1, -0.05) is 30.3 Å². The van der Waals surface area contributed by atoms with E-state index in [-0.39, 0.29) is 23.9 Å². The molecule has 10 heteroatoms. The molecule has 1 aromatic carbocycles. The Hall–Kier alpha value is -3.95. The van der Waals surface area contributed by atoms with Crippen LogP contribution in [0.1, 0.15) is 28.8 Å². The molecule has 0 unspecified atom stereocenters. The van der Waals surface area contributed by atoms with Gasteiger partial charge in [0.25, 0.3) is 23.8 Å². The highest BCUT2D eigenvalue weighted by Gasteiger charge is 2.54. The fraction of sp³-hybridized carbons (Fsp3) is 0.286. The summed E-state index contributed by atoms with van der Waals surface area (Å²) < 4.78 is 0. The highest BCUT2D eigenvalue weighted by molar-refractivity contribution is 6.07. The van der Waals surface area contributed by atoms with E-state index in [0.29, 0.717) is 32.5 Å². The number of carbonyl (C=O) groups excluding carboxylic acids is 3. The first-order chi connectivity index (χ1) is 14.9. The van der Waals surface area contributed by atoms with Crippen LogP contribution in [0.5, 0.6) is 0 Å².